The molecule has 1 amide bonds. The van der Waals surface area contributed by atoms with Crippen molar-refractivity contribution in [2.75, 3.05) is 13.2 Å². The Hall–Kier alpha value is -1.40. The number of hydrogen-bond acceptors (Lipinski definition) is 5. The molecule has 0 aromatic carbocycles. The van der Waals surface area contributed by atoms with E-state index in [2.05, 4.69) is 19.2 Å². The van der Waals surface area contributed by atoms with E-state index in [1.165, 1.54) is 148 Å². The van der Waals surface area contributed by atoms with Crippen molar-refractivity contribution in [2.24, 2.45) is 0 Å². The molecule has 0 spiro atoms. The summed E-state index contributed by atoms with van der Waals surface area (Å²) in [4.78, 5) is 24.3. The summed E-state index contributed by atoms with van der Waals surface area (Å²) < 4.78 is 5.44. The molecule has 0 aromatic rings. The number of nitrogens with one attached hydrogen (secondary N) is 1. The van der Waals surface area contributed by atoms with Crippen molar-refractivity contribution in [1.29, 1.82) is 0 Å². The summed E-state index contributed by atoms with van der Waals surface area (Å²) >= 11 is 0. The first-order chi connectivity index (χ1) is 24.5. The van der Waals surface area contributed by atoms with Gasteiger partial charge in [-0.15, -0.1) is 0 Å². The van der Waals surface area contributed by atoms with Gasteiger partial charge >= 0.3 is 5.97 Å². The van der Waals surface area contributed by atoms with E-state index >= 15 is 0 Å². The van der Waals surface area contributed by atoms with Crippen LogP contribution in [0.3, 0.4) is 0 Å². The molecule has 3 N–H and O–H groups in total. The van der Waals surface area contributed by atoms with Gasteiger partial charge in [-0.3, -0.25) is 9.59 Å². The molecule has 6 heteroatoms. The van der Waals surface area contributed by atoms with E-state index < -0.39 is 12.1 Å². The van der Waals surface area contributed by atoms with Crippen molar-refractivity contribution in [3.05, 3.63) is 12.2 Å². The van der Waals surface area contributed by atoms with Crippen molar-refractivity contribution in [1.82, 2.24) is 5.32 Å². The van der Waals surface area contributed by atoms with Gasteiger partial charge in [0.25, 0.3) is 0 Å². The SMILES string of the molecule is CCCCCCCCC/C=C/C(O)C(CO)NC(=O)CCCCCCCCCCCCOC(=O)CCCCCCCCCCCCCCCC. The first-order valence-electron chi connectivity index (χ1n) is 22.0. The Morgan fingerprint density at radius 2 is 0.920 bits per heavy atom. The lowest BCUT2D eigenvalue weighted by Gasteiger charge is -2.20. The van der Waals surface area contributed by atoms with Crippen LogP contribution in [0.25, 0.3) is 0 Å². The van der Waals surface area contributed by atoms with Crippen LogP contribution in [0.2, 0.25) is 0 Å². The van der Waals surface area contributed by atoms with Crippen LogP contribution in [0.4, 0.5) is 0 Å². The normalized spacial score (nSPS) is 12.8. The van der Waals surface area contributed by atoms with Crippen LogP contribution in [0, 0.1) is 0 Å². The summed E-state index contributed by atoms with van der Waals surface area (Å²) in [5.41, 5.74) is 0. The Balaban J connectivity index is 3.48. The fourth-order valence-electron chi connectivity index (χ4n) is 6.63. The summed E-state index contributed by atoms with van der Waals surface area (Å²) in [6.07, 6.45) is 43.4. The van der Waals surface area contributed by atoms with E-state index in [0.717, 1.165) is 57.8 Å². The third kappa shape index (κ3) is 36.4. The second-order valence-electron chi connectivity index (χ2n) is 15.0. The van der Waals surface area contributed by atoms with Crippen LogP contribution in [0.15, 0.2) is 12.2 Å². The van der Waals surface area contributed by atoms with Gasteiger partial charge in [-0.05, 0) is 32.1 Å². The van der Waals surface area contributed by atoms with Crippen molar-refractivity contribution < 1.29 is 24.5 Å². The van der Waals surface area contributed by atoms with E-state index in [9.17, 15) is 19.8 Å². The minimum atomic E-state index is -0.854. The molecule has 0 saturated carbocycles. The Labute approximate surface area is 310 Å². The second kappa shape index (κ2) is 40.4. The number of hydrogen-bond donors (Lipinski definition) is 3. The highest BCUT2D eigenvalue weighted by Gasteiger charge is 2.18. The lowest BCUT2D eigenvalue weighted by molar-refractivity contribution is -0.143. The van der Waals surface area contributed by atoms with Gasteiger partial charge in [0.05, 0.1) is 25.4 Å². The molecule has 0 saturated heterocycles. The molecular weight excluding hydrogens is 622 g/mol. The fraction of sp³-hybridized carbons (Fsp3) is 0.909. The van der Waals surface area contributed by atoms with Gasteiger partial charge < -0.3 is 20.3 Å². The lowest BCUT2D eigenvalue weighted by Crippen LogP contribution is -2.45. The maximum absolute atomic E-state index is 12.3. The van der Waals surface area contributed by atoms with Crippen LogP contribution in [0.5, 0.6) is 0 Å². The molecular formula is C44H85NO5. The number of carbonyl (C=O) groups excluding carboxylic acids is 2. The zero-order chi connectivity index (χ0) is 36.6. The second-order valence-corrected chi connectivity index (χ2v) is 15.0. The summed E-state index contributed by atoms with van der Waals surface area (Å²) in [6.45, 7) is 4.81. The van der Waals surface area contributed by atoms with E-state index in [0.29, 0.717) is 19.4 Å². The molecule has 0 aromatic heterocycles. The van der Waals surface area contributed by atoms with Crippen LogP contribution >= 0.6 is 0 Å². The molecule has 6 nitrogen and oxygen atoms in total. The molecule has 0 heterocycles. The monoisotopic (exact) mass is 708 g/mol. The molecule has 0 fully saturated rings. The largest absolute Gasteiger partial charge is 0.466 e. The summed E-state index contributed by atoms with van der Waals surface area (Å²) in [5, 5.41) is 22.8. The van der Waals surface area contributed by atoms with Crippen LogP contribution in [-0.2, 0) is 14.3 Å². The van der Waals surface area contributed by atoms with Gasteiger partial charge in [0, 0.05) is 12.8 Å². The minimum absolute atomic E-state index is 0.0197. The number of esters is 1. The molecule has 2 unspecified atom stereocenters. The predicted octanol–water partition coefficient (Wildman–Crippen LogP) is 12.2. The molecule has 50 heavy (non-hydrogen) atoms. The van der Waals surface area contributed by atoms with Crippen molar-refractivity contribution >= 4 is 11.9 Å². The summed E-state index contributed by atoms with van der Waals surface area (Å²) in [6, 6.07) is -0.640. The van der Waals surface area contributed by atoms with E-state index in [1.54, 1.807) is 6.08 Å². The number of amides is 1. The average molecular weight is 708 g/mol. The number of allylic oxidation sites excluding steroid dienone is 1. The predicted molar refractivity (Wildman–Crippen MR) is 213 cm³/mol. The number of unbranched alkanes of at least 4 members (excludes halogenated alkanes) is 29. The lowest BCUT2D eigenvalue weighted by atomic mass is 10.0. The standard InChI is InChI=1S/C44H85NO5/c1-3-5-7-9-11-13-14-15-16-17-22-26-30-34-38-44(49)50-39-35-31-27-23-19-18-21-25-29-33-37-43(48)45-41(40-46)42(47)36-32-28-24-20-12-10-8-6-4-2/h32,36,41-42,46-47H,3-31,33-35,37-40H2,1-2H3,(H,45,48)/b36-32+. The van der Waals surface area contributed by atoms with Crippen molar-refractivity contribution in [2.45, 2.75) is 244 Å². The molecule has 0 bridgehead atoms. The highest BCUT2D eigenvalue weighted by atomic mass is 16.5. The maximum atomic E-state index is 12.3. The number of rotatable bonds is 40. The van der Waals surface area contributed by atoms with Gasteiger partial charge in [-0.2, -0.15) is 0 Å². The number of ether oxygens (including phenoxy) is 1. The Kier molecular flexibility index (Phi) is 39.2. The smallest absolute Gasteiger partial charge is 0.305 e. The highest BCUT2D eigenvalue weighted by molar-refractivity contribution is 5.76. The number of aliphatic hydroxyl groups excluding tert-OH is 2. The average Bonchev–Trinajstić information content (AvgIpc) is 3.11. The first kappa shape index (κ1) is 48.6. The van der Waals surface area contributed by atoms with Crippen LogP contribution < -0.4 is 5.32 Å². The van der Waals surface area contributed by atoms with Crippen molar-refractivity contribution in [3.8, 4) is 0 Å². The van der Waals surface area contributed by atoms with Gasteiger partial charge in [-0.1, -0.05) is 199 Å². The topological polar surface area (TPSA) is 95.9 Å². The van der Waals surface area contributed by atoms with Gasteiger partial charge in [0.15, 0.2) is 0 Å². The third-order valence-corrected chi connectivity index (χ3v) is 10.1. The Morgan fingerprint density at radius 3 is 1.36 bits per heavy atom. The Morgan fingerprint density at radius 1 is 0.540 bits per heavy atom. The third-order valence-electron chi connectivity index (χ3n) is 10.1. The van der Waals surface area contributed by atoms with Crippen LogP contribution in [0.1, 0.15) is 232 Å². The zero-order valence-electron chi connectivity index (χ0n) is 33.4. The van der Waals surface area contributed by atoms with Gasteiger partial charge in [-0.25, -0.2) is 0 Å². The zero-order valence-corrected chi connectivity index (χ0v) is 33.4. The fourth-order valence-corrected chi connectivity index (χ4v) is 6.63. The number of aliphatic hydroxyl groups is 2. The summed E-state index contributed by atoms with van der Waals surface area (Å²) in [5.74, 6) is -0.113. The molecule has 0 radical (unpaired) electrons. The molecule has 0 aliphatic heterocycles. The molecule has 0 rings (SSSR count). The molecule has 0 aliphatic carbocycles. The van der Waals surface area contributed by atoms with E-state index in [-0.39, 0.29) is 18.5 Å². The maximum Gasteiger partial charge on any atom is 0.305 e. The van der Waals surface area contributed by atoms with Gasteiger partial charge in [0.1, 0.15) is 0 Å². The molecule has 0 aliphatic rings. The highest BCUT2D eigenvalue weighted by Crippen LogP contribution is 2.15. The molecule has 2 atom stereocenters. The van der Waals surface area contributed by atoms with Crippen molar-refractivity contribution in [3.63, 3.8) is 0 Å². The van der Waals surface area contributed by atoms with E-state index in [1.807, 2.05) is 6.08 Å². The quantitative estimate of drug-likeness (QED) is 0.0335. The first-order valence-corrected chi connectivity index (χ1v) is 22.0. The van der Waals surface area contributed by atoms with Gasteiger partial charge in [0.2, 0.25) is 5.91 Å². The summed E-state index contributed by atoms with van der Waals surface area (Å²) in [7, 11) is 0. The van der Waals surface area contributed by atoms with Crippen LogP contribution in [-0.4, -0.2) is 47.4 Å². The molecule has 296 valence electrons. The van der Waals surface area contributed by atoms with E-state index in [4.69, 9.17) is 4.74 Å². The number of carbonyl (C=O) groups is 2. The Bertz CT molecular complexity index is 742. The minimum Gasteiger partial charge on any atom is -0.466 e.